The average Bonchev–Trinajstić information content (AvgIpc) is 3.29. The SMILES string of the molecule is CN(C)C(=O)CN=C(NC1CCOc2ccccc21)NC1CC2CCC1O2.I. The minimum Gasteiger partial charge on any atom is -0.493 e. The van der Waals surface area contributed by atoms with Crippen LogP contribution >= 0.6 is 24.0 Å². The molecule has 4 unspecified atom stereocenters. The highest BCUT2D eigenvalue weighted by Crippen LogP contribution is 2.35. The number of ether oxygens (including phenoxy) is 2. The summed E-state index contributed by atoms with van der Waals surface area (Å²) in [4.78, 5) is 18.1. The number of nitrogens with zero attached hydrogens (tertiary/aromatic N) is 2. The van der Waals surface area contributed by atoms with Crippen molar-refractivity contribution in [3.8, 4) is 5.75 Å². The quantitative estimate of drug-likeness (QED) is 0.376. The van der Waals surface area contributed by atoms with Crippen LogP contribution in [0, 0.1) is 0 Å². The molecule has 0 aromatic heterocycles. The van der Waals surface area contributed by atoms with Crippen LogP contribution in [0.25, 0.3) is 0 Å². The molecule has 1 aromatic carbocycles. The van der Waals surface area contributed by atoms with Gasteiger partial charge in [0.25, 0.3) is 0 Å². The molecule has 2 saturated heterocycles. The Bertz CT molecular complexity index is 727. The Hall–Kier alpha value is -1.55. The van der Waals surface area contributed by atoms with Gasteiger partial charge in [-0.3, -0.25) is 4.79 Å². The van der Waals surface area contributed by atoms with Crippen molar-refractivity contribution in [1.82, 2.24) is 15.5 Å². The molecule has 2 fully saturated rings. The molecule has 1 amide bonds. The van der Waals surface area contributed by atoms with Crippen LogP contribution in [-0.2, 0) is 9.53 Å². The van der Waals surface area contributed by atoms with Gasteiger partial charge < -0.3 is 25.0 Å². The van der Waals surface area contributed by atoms with Crippen LogP contribution in [-0.4, -0.2) is 62.3 Å². The van der Waals surface area contributed by atoms with Crippen molar-refractivity contribution in [3.05, 3.63) is 29.8 Å². The number of benzene rings is 1. The highest BCUT2D eigenvalue weighted by Gasteiger charge is 2.41. The number of likely N-dealkylation sites (N-methyl/N-ethyl adjacent to an activating group) is 1. The van der Waals surface area contributed by atoms with Crippen LogP contribution in [0.1, 0.15) is 37.3 Å². The predicted octanol–water partition coefficient (Wildman–Crippen LogP) is 2.07. The maximum Gasteiger partial charge on any atom is 0.243 e. The van der Waals surface area contributed by atoms with E-state index in [1.54, 1.807) is 19.0 Å². The van der Waals surface area contributed by atoms with E-state index in [2.05, 4.69) is 21.7 Å². The number of carbonyl (C=O) groups is 1. The maximum atomic E-state index is 12.0. The molecule has 8 heteroatoms. The van der Waals surface area contributed by atoms with E-state index >= 15 is 0 Å². The lowest BCUT2D eigenvalue weighted by Gasteiger charge is -2.30. The zero-order valence-electron chi connectivity index (χ0n) is 16.4. The van der Waals surface area contributed by atoms with Crippen molar-refractivity contribution in [2.75, 3.05) is 27.2 Å². The molecule has 2 bridgehead atoms. The smallest absolute Gasteiger partial charge is 0.243 e. The second-order valence-corrected chi connectivity index (χ2v) is 7.69. The molecule has 2 N–H and O–H groups in total. The number of carbonyl (C=O) groups excluding carboxylic acids is 1. The molecule has 4 rings (SSSR count). The molecule has 28 heavy (non-hydrogen) atoms. The lowest BCUT2D eigenvalue weighted by Crippen LogP contribution is -2.49. The van der Waals surface area contributed by atoms with Crippen LogP contribution in [0.3, 0.4) is 0 Å². The minimum atomic E-state index is -0.0207. The summed E-state index contributed by atoms with van der Waals surface area (Å²) in [6, 6.07) is 8.43. The first-order valence-electron chi connectivity index (χ1n) is 9.75. The van der Waals surface area contributed by atoms with Gasteiger partial charge in [-0.15, -0.1) is 24.0 Å². The Morgan fingerprint density at radius 2 is 2.04 bits per heavy atom. The van der Waals surface area contributed by atoms with E-state index in [9.17, 15) is 4.79 Å². The molecule has 0 aliphatic carbocycles. The number of rotatable bonds is 4. The third-order valence-electron chi connectivity index (χ3n) is 5.57. The Morgan fingerprint density at radius 1 is 1.21 bits per heavy atom. The summed E-state index contributed by atoms with van der Waals surface area (Å²) in [6.45, 7) is 0.782. The highest BCUT2D eigenvalue weighted by atomic mass is 127. The summed E-state index contributed by atoms with van der Waals surface area (Å²) >= 11 is 0. The fourth-order valence-electron chi connectivity index (χ4n) is 4.04. The monoisotopic (exact) mass is 500 g/mol. The molecular weight excluding hydrogens is 471 g/mol. The number of aliphatic imine (C=N–C) groups is 1. The average molecular weight is 500 g/mol. The summed E-state index contributed by atoms with van der Waals surface area (Å²) in [5.41, 5.74) is 1.13. The third kappa shape index (κ3) is 4.71. The summed E-state index contributed by atoms with van der Waals surface area (Å²) in [7, 11) is 3.49. The first-order chi connectivity index (χ1) is 13.1. The normalized spacial score (nSPS) is 28.0. The van der Waals surface area contributed by atoms with Gasteiger partial charge in [0.1, 0.15) is 12.3 Å². The number of hydrogen-bond acceptors (Lipinski definition) is 4. The van der Waals surface area contributed by atoms with E-state index < -0.39 is 0 Å². The van der Waals surface area contributed by atoms with Gasteiger partial charge in [-0.05, 0) is 25.3 Å². The van der Waals surface area contributed by atoms with E-state index in [0.29, 0.717) is 18.7 Å². The second-order valence-electron chi connectivity index (χ2n) is 7.69. The van der Waals surface area contributed by atoms with Crippen molar-refractivity contribution in [2.45, 2.75) is 50.0 Å². The lowest BCUT2D eigenvalue weighted by atomic mass is 9.95. The summed E-state index contributed by atoms with van der Waals surface area (Å²) in [5, 5.41) is 7.05. The van der Waals surface area contributed by atoms with Gasteiger partial charge in [0.05, 0.1) is 30.9 Å². The fourth-order valence-corrected chi connectivity index (χ4v) is 4.04. The van der Waals surface area contributed by atoms with E-state index in [1.165, 1.54) is 0 Å². The Labute approximate surface area is 183 Å². The van der Waals surface area contributed by atoms with Crippen molar-refractivity contribution < 1.29 is 14.3 Å². The number of halogens is 1. The molecular formula is C20H29IN4O3. The predicted molar refractivity (Wildman–Crippen MR) is 118 cm³/mol. The zero-order valence-corrected chi connectivity index (χ0v) is 18.7. The molecule has 4 atom stereocenters. The first kappa shape index (κ1) is 21.2. The minimum absolute atomic E-state index is 0. The van der Waals surface area contributed by atoms with Crippen molar-refractivity contribution in [2.24, 2.45) is 4.99 Å². The van der Waals surface area contributed by atoms with Gasteiger partial charge in [-0.25, -0.2) is 4.99 Å². The number of guanidine groups is 1. The Balaban J connectivity index is 0.00000225. The number of hydrogen-bond donors (Lipinski definition) is 2. The van der Waals surface area contributed by atoms with Crippen molar-refractivity contribution in [3.63, 3.8) is 0 Å². The molecule has 3 aliphatic rings. The van der Waals surface area contributed by atoms with Gasteiger partial charge in [0, 0.05) is 26.1 Å². The topological polar surface area (TPSA) is 75.2 Å². The lowest BCUT2D eigenvalue weighted by molar-refractivity contribution is -0.127. The van der Waals surface area contributed by atoms with Crippen LogP contribution in [0.2, 0.25) is 0 Å². The summed E-state index contributed by atoms with van der Waals surface area (Å²) in [5.74, 6) is 1.56. The standard InChI is InChI=1S/C20H28N4O3.HI/c1-24(2)19(25)12-21-20(23-16-11-13-7-8-18(16)27-13)22-15-9-10-26-17-6-4-3-5-14(15)17;/h3-6,13,15-16,18H,7-12H2,1-2H3,(H2,21,22,23);1H. The molecule has 154 valence electrons. The van der Waals surface area contributed by atoms with Gasteiger partial charge in [-0.1, -0.05) is 18.2 Å². The van der Waals surface area contributed by atoms with Gasteiger partial charge in [0.15, 0.2) is 5.96 Å². The summed E-state index contributed by atoms with van der Waals surface area (Å²) < 4.78 is 11.7. The Morgan fingerprint density at radius 3 is 2.75 bits per heavy atom. The number of para-hydroxylation sites is 1. The molecule has 0 spiro atoms. The molecule has 3 heterocycles. The van der Waals surface area contributed by atoms with E-state index in [0.717, 1.165) is 37.0 Å². The van der Waals surface area contributed by atoms with Crippen LogP contribution < -0.4 is 15.4 Å². The Kier molecular flexibility index (Phi) is 7.03. The van der Waals surface area contributed by atoms with Gasteiger partial charge in [-0.2, -0.15) is 0 Å². The second kappa shape index (κ2) is 9.30. The van der Waals surface area contributed by atoms with Crippen molar-refractivity contribution >= 4 is 35.8 Å². The first-order valence-corrected chi connectivity index (χ1v) is 9.75. The van der Waals surface area contributed by atoms with E-state index in [4.69, 9.17) is 9.47 Å². The number of fused-ring (bicyclic) bond motifs is 3. The maximum absolute atomic E-state index is 12.0. The molecule has 0 radical (unpaired) electrons. The van der Waals surface area contributed by atoms with Gasteiger partial charge >= 0.3 is 0 Å². The zero-order chi connectivity index (χ0) is 18.8. The molecule has 7 nitrogen and oxygen atoms in total. The number of nitrogens with one attached hydrogen (secondary N) is 2. The fraction of sp³-hybridized carbons (Fsp3) is 0.600. The van der Waals surface area contributed by atoms with Crippen LogP contribution in [0.5, 0.6) is 5.75 Å². The summed E-state index contributed by atoms with van der Waals surface area (Å²) in [6.07, 6.45) is 4.69. The van der Waals surface area contributed by atoms with E-state index in [-0.39, 0.29) is 54.6 Å². The third-order valence-corrected chi connectivity index (χ3v) is 5.57. The highest BCUT2D eigenvalue weighted by molar-refractivity contribution is 14.0. The van der Waals surface area contributed by atoms with Crippen molar-refractivity contribution in [1.29, 1.82) is 0 Å². The molecule has 0 saturated carbocycles. The van der Waals surface area contributed by atoms with Crippen LogP contribution in [0.15, 0.2) is 29.3 Å². The largest absolute Gasteiger partial charge is 0.493 e. The van der Waals surface area contributed by atoms with E-state index in [1.807, 2.05) is 18.2 Å². The molecule has 3 aliphatic heterocycles. The van der Waals surface area contributed by atoms with Crippen LogP contribution in [0.4, 0.5) is 0 Å². The molecule has 1 aromatic rings. The number of amides is 1. The van der Waals surface area contributed by atoms with Gasteiger partial charge in [0.2, 0.25) is 5.91 Å².